The molecule has 3 rings (SSSR count). The van der Waals surface area contributed by atoms with Gasteiger partial charge < -0.3 is 15.0 Å². The van der Waals surface area contributed by atoms with Gasteiger partial charge in [0, 0.05) is 30.7 Å². The molecule has 2 N–H and O–H groups in total. The van der Waals surface area contributed by atoms with Crippen molar-refractivity contribution in [2.45, 2.75) is 12.5 Å². The first-order valence-corrected chi connectivity index (χ1v) is 7.65. The molecule has 0 aliphatic rings. The second kappa shape index (κ2) is 6.60. The van der Waals surface area contributed by atoms with Crippen molar-refractivity contribution in [3.05, 3.63) is 47.9 Å². The van der Waals surface area contributed by atoms with Crippen LogP contribution in [0.1, 0.15) is 16.1 Å². The molecule has 0 aliphatic carbocycles. The van der Waals surface area contributed by atoms with Crippen molar-refractivity contribution in [3.8, 4) is 0 Å². The number of aliphatic hydroxyl groups excluding tert-OH is 1. The molecule has 7 nitrogen and oxygen atoms in total. The number of aliphatic hydroxyl groups is 1. The summed E-state index contributed by atoms with van der Waals surface area (Å²) < 4.78 is 28.7. The fourth-order valence-corrected chi connectivity index (χ4v) is 2.63. The molecule has 0 spiro atoms. The zero-order valence-corrected chi connectivity index (χ0v) is 13.5. The molecule has 132 valence electrons. The van der Waals surface area contributed by atoms with Crippen LogP contribution in [0.3, 0.4) is 0 Å². The first-order chi connectivity index (χ1) is 11.9. The number of hydrogen-bond acceptors (Lipinski definition) is 4. The summed E-state index contributed by atoms with van der Waals surface area (Å²) in [5, 5.41) is 18.9. The van der Waals surface area contributed by atoms with Crippen LogP contribution in [0.2, 0.25) is 0 Å². The van der Waals surface area contributed by atoms with E-state index in [1.165, 1.54) is 0 Å². The number of benzene rings is 1. The molecule has 25 heavy (non-hydrogen) atoms. The highest BCUT2D eigenvalue weighted by molar-refractivity contribution is 5.92. The Morgan fingerprint density at radius 1 is 1.32 bits per heavy atom. The SMILES string of the molecule is Cn1cc(CCNC(=O)c2cn(C(F)(F)CO)nn2)c2ccccc21. The molecule has 0 aliphatic heterocycles. The Kier molecular flexibility index (Phi) is 4.49. The van der Waals surface area contributed by atoms with E-state index >= 15 is 0 Å². The molecular formula is C16H17F2N5O2. The Morgan fingerprint density at radius 3 is 2.84 bits per heavy atom. The molecule has 1 amide bonds. The number of para-hydroxylation sites is 1. The monoisotopic (exact) mass is 349 g/mol. The summed E-state index contributed by atoms with van der Waals surface area (Å²) in [7, 11) is 1.95. The van der Waals surface area contributed by atoms with Gasteiger partial charge in [0.2, 0.25) is 0 Å². The third-order valence-corrected chi connectivity index (χ3v) is 3.91. The number of amides is 1. The zero-order valence-electron chi connectivity index (χ0n) is 13.5. The van der Waals surface area contributed by atoms with Crippen molar-refractivity contribution in [2.75, 3.05) is 13.2 Å². The second-order valence-electron chi connectivity index (χ2n) is 5.66. The van der Waals surface area contributed by atoms with Crippen LogP contribution >= 0.6 is 0 Å². The van der Waals surface area contributed by atoms with Crippen LogP contribution in [0, 0.1) is 0 Å². The molecule has 0 atom stereocenters. The summed E-state index contributed by atoms with van der Waals surface area (Å²) in [5.41, 5.74) is 1.94. The van der Waals surface area contributed by atoms with Gasteiger partial charge in [0.25, 0.3) is 5.91 Å². The smallest absolute Gasteiger partial charge is 0.367 e. The lowest BCUT2D eigenvalue weighted by atomic mass is 10.1. The first-order valence-electron chi connectivity index (χ1n) is 7.65. The van der Waals surface area contributed by atoms with Crippen molar-refractivity contribution in [2.24, 2.45) is 7.05 Å². The van der Waals surface area contributed by atoms with E-state index < -0.39 is 18.6 Å². The second-order valence-corrected chi connectivity index (χ2v) is 5.66. The van der Waals surface area contributed by atoms with Gasteiger partial charge in [-0.05, 0) is 18.1 Å². The van der Waals surface area contributed by atoms with Crippen LogP contribution in [0.25, 0.3) is 10.9 Å². The van der Waals surface area contributed by atoms with E-state index in [2.05, 4.69) is 15.6 Å². The van der Waals surface area contributed by atoms with E-state index in [0.717, 1.165) is 22.7 Å². The molecule has 0 saturated heterocycles. The lowest BCUT2D eigenvalue weighted by molar-refractivity contribution is -0.131. The molecule has 1 aromatic carbocycles. The van der Waals surface area contributed by atoms with E-state index in [1.54, 1.807) is 0 Å². The topological polar surface area (TPSA) is 85.0 Å². The van der Waals surface area contributed by atoms with Gasteiger partial charge in [0.15, 0.2) is 5.69 Å². The Labute approximate surface area is 141 Å². The molecule has 0 radical (unpaired) electrons. The van der Waals surface area contributed by atoms with E-state index in [9.17, 15) is 13.6 Å². The highest BCUT2D eigenvalue weighted by Gasteiger charge is 2.32. The van der Waals surface area contributed by atoms with Crippen LogP contribution < -0.4 is 5.32 Å². The number of nitrogens with one attached hydrogen (secondary N) is 1. The van der Waals surface area contributed by atoms with E-state index in [4.69, 9.17) is 5.11 Å². The number of fused-ring (bicyclic) bond motifs is 1. The maximum Gasteiger partial charge on any atom is 0.367 e. The van der Waals surface area contributed by atoms with Crippen LogP contribution in [0.15, 0.2) is 36.7 Å². The predicted octanol–water partition coefficient (Wildman–Crippen LogP) is 1.28. The largest absolute Gasteiger partial charge is 0.388 e. The van der Waals surface area contributed by atoms with Crippen LogP contribution in [-0.2, 0) is 19.5 Å². The molecule has 9 heteroatoms. The van der Waals surface area contributed by atoms with E-state index in [0.29, 0.717) is 13.0 Å². The number of carbonyl (C=O) groups is 1. The molecule has 2 heterocycles. The number of hydrogen-bond donors (Lipinski definition) is 2. The Bertz CT molecular complexity index is 903. The lowest BCUT2D eigenvalue weighted by Crippen LogP contribution is -2.28. The molecule has 0 saturated carbocycles. The third kappa shape index (κ3) is 3.36. The highest BCUT2D eigenvalue weighted by atomic mass is 19.3. The van der Waals surface area contributed by atoms with E-state index in [1.807, 2.05) is 42.1 Å². The number of rotatable bonds is 6. The minimum atomic E-state index is -3.59. The van der Waals surface area contributed by atoms with Crippen molar-refractivity contribution >= 4 is 16.8 Å². The highest BCUT2D eigenvalue weighted by Crippen LogP contribution is 2.20. The Hall–Kier alpha value is -2.81. The molecule has 0 fully saturated rings. The maximum atomic E-state index is 13.3. The van der Waals surface area contributed by atoms with Crippen LogP contribution in [-0.4, -0.2) is 43.7 Å². The summed E-state index contributed by atoms with van der Waals surface area (Å²) >= 11 is 0. The summed E-state index contributed by atoms with van der Waals surface area (Å²) in [4.78, 5) is 12.0. The van der Waals surface area contributed by atoms with Crippen molar-refractivity contribution in [3.63, 3.8) is 0 Å². The standard InChI is InChI=1S/C16H17F2N5O2/c1-22-8-11(12-4-2-3-5-14(12)22)6-7-19-15(25)13-9-23(21-20-13)16(17,18)10-24/h2-5,8-9,24H,6-7,10H2,1H3,(H,19,25). The molecule has 0 bridgehead atoms. The predicted molar refractivity (Wildman–Crippen MR) is 86.3 cm³/mol. The number of halogens is 2. The molecule has 2 aromatic heterocycles. The van der Waals surface area contributed by atoms with Gasteiger partial charge in [0.1, 0.15) is 6.61 Å². The fraction of sp³-hybridized carbons (Fsp3) is 0.312. The Balaban J connectivity index is 1.63. The summed E-state index contributed by atoms with van der Waals surface area (Å²) in [6.07, 6.45) is 3.40. The minimum absolute atomic E-state index is 0.173. The molecule has 3 aromatic rings. The lowest BCUT2D eigenvalue weighted by Gasteiger charge is -2.11. The number of alkyl halides is 2. The number of carbonyl (C=O) groups excluding carboxylic acids is 1. The maximum absolute atomic E-state index is 13.3. The van der Waals surface area contributed by atoms with Crippen molar-refractivity contribution in [1.82, 2.24) is 24.9 Å². The molecule has 0 unspecified atom stereocenters. The van der Waals surface area contributed by atoms with Crippen molar-refractivity contribution in [1.29, 1.82) is 0 Å². The number of aryl methyl sites for hydroxylation is 1. The van der Waals surface area contributed by atoms with Gasteiger partial charge >= 0.3 is 6.05 Å². The minimum Gasteiger partial charge on any atom is -0.388 e. The van der Waals surface area contributed by atoms with Gasteiger partial charge in [-0.2, -0.15) is 13.5 Å². The Morgan fingerprint density at radius 2 is 2.08 bits per heavy atom. The van der Waals surface area contributed by atoms with Gasteiger partial charge in [0.05, 0.1) is 6.20 Å². The fourth-order valence-electron chi connectivity index (χ4n) is 2.63. The van der Waals surface area contributed by atoms with Gasteiger partial charge in [-0.25, -0.2) is 0 Å². The van der Waals surface area contributed by atoms with Gasteiger partial charge in [-0.1, -0.05) is 23.4 Å². The average molecular weight is 349 g/mol. The van der Waals surface area contributed by atoms with Crippen LogP contribution in [0.5, 0.6) is 0 Å². The first kappa shape index (κ1) is 17.0. The summed E-state index contributed by atoms with van der Waals surface area (Å²) in [5.74, 6) is -0.597. The third-order valence-electron chi connectivity index (χ3n) is 3.91. The number of nitrogens with zero attached hydrogens (tertiary/aromatic N) is 4. The number of aromatic nitrogens is 4. The van der Waals surface area contributed by atoms with Crippen molar-refractivity contribution < 1.29 is 18.7 Å². The average Bonchev–Trinajstić information content (AvgIpc) is 3.22. The molecular weight excluding hydrogens is 332 g/mol. The summed E-state index contributed by atoms with van der Waals surface area (Å²) in [6, 6.07) is 4.34. The van der Waals surface area contributed by atoms with Gasteiger partial charge in [-0.15, -0.1) is 5.10 Å². The van der Waals surface area contributed by atoms with Crippen LogP contribution in [0.4, 0.5) is 8.78 Å². The normalized spacial score (nSPS) is 11.8. The van der Waals surface area contributed by atoms with E-state index in [-0.39, 0.29) is 10.4 Å². The zero-order chi connectivity index (χ0) is 18.0. The summed E-state index contributed by atoms with van der Waals surface area (Å²) in [6.45, 7) is -1.09. The quantitative estimate of drug-likeness (QED) is 0.702. The van der Waals surface area contributed by atoms with Gasteiger partial charge in [-0.3, -0.25) is 4.79 Å².